The Hall–Kier alpha value is -1.95. The molecule has 1 fully saturated rings. The lowest BCUT2D eigenvalue weighted by Crippen LogP contribution is -2.33. The molecule has 1 saturated heterocycles. The van der Waals surface area contributed by atoms with Crippen LogP contribution in [-0.2, 0) is 13.0 Å². The lowest BCUT2D eigenvalue weighted by Gasteiger charge is -2.28. The van der Waals surface area contributed by atoms with E-state index in [4.69, 9.17) is 4.98 Å². The van der Waals surface area contributed by atoms with E-state index >= 15 is 0 Å². The normalized spacial score (nSPS) is 21.1. The van der Waals surface area contributed by atoms with Crippen molar-refractivity contribution in [2.45, 2.75) is 51.1 Å². The summed E-state index contributed by atoms with van der Waals surface area (Å²) in [6.45, 7) is 3.23. The molecule has 1 N–H and O–H groups in total. The zero-order valence-electron chi connectivity index (χ0n) is 14.4. The topological polar surface area (TPSA) is 58.9 Å². The molecule has 128 valence electrons. The zero-order valence-corrected chi connectivity index (χ0v) is 14.4. The predicted octanol–water partition coefficient (Wildman–Crippen LogP) is 2.25. The van der Waals surface area contributed by atoms with Gasteiger partial charge in [0.15, 0.2) is 0 Å². The van der Waals surface area contributed by atoms with Crippen LogP contribution in [-0.4, -0.2) is 45.9 Å². The first kappa shape index (κ1) is 15.6. The first-order chi connectivity index (χ1) is 11.8. The monoisotopic (exact) mass is 326 g/mol. The van der Waals surface area contributed by atoms with Gasteiger partial charge in [0.25, 0.3) is 0 Å². The third kappa shape index (κ3) is 3.02. The molecule has 0 spiro atoms. The molecule has 2 aliphatic heterocycles. The third-order valence-electron chi connectivity index (χ3n) is 5.33. The molecule has 2 aromatic heterocycles. The second-order valence-electron chi connectivity index (χ2n) is 6.89. The van der Waals surface area contributed by atoms with Crippen LogP contribution in [0.5, 0.6) is 0 Å². The molecule has 2 aromatic rings. The summed E-state index contributed by atoms with van der Waals surface area (Å²) in [5, 5.41) is 8.01. The molecule has 0 saturated carbocycles. The van der Waals surface area contributed by atoms with Crippen molar-refractivity contribution in [2.24, 2.45) is 0 Å². The van der Waals surface area contributed by atoms with Gasteiger partial charge in [-0.1, -0.05) is 0 Å². The molecule has 1 atom stereocenters. The summed E-state index contributed by atoms with van der Waals surface area (Å²) < 4.78 is 2.13. The molecular weight excluding hydrogens is 300 g/mol. The Morgan fingerprint density at radius 2 is 2.08 bits per heavy atom. The molecule has 4 heterocycles. The smallest absolute Gasteiger partial charge is 0.147 e. The molecule has 6 heteroatoms. The maximum Gasteiger partial charge on any atom is 0.147 e. The lowest BCUT2D eigenvalue weighted by atomic mass is 10.1. The molecule has 1 unspecified atom stereocenters. The van der Waals surface area contributed by atoms with Crippen molar-refractivity contribution in [3.05, 3.63) is 24.3 Å². The summed E-state index contributed by atoms with van der Waals surface area (Å²) in [4.78, 5) is 11.7. The summed E-state index contributed by atoms with van der Waals surface area (Å²) in [5.41, 5.74) is 3.42. The summed E-state index contributed by atoms with van der Waals surface area (Å²) in [6.07, 6.45) is 12.9. The minimum atomic E-state index is 0.533. The highest BCUT2D eigenvalue weighted by Crippen LogP contribution is 2.28. The minimum absolute atomic E-state index is 0.533. The summed E-state index contributed by atoms with van der Waals surface area (Å²) in [6, 6.07) is 0.533. The first-order valence-corrected chi connectivity index (χ1v) is 9.13. The molecule has 0 bridgehead atoms. The Morgan fingerprint density at radius 1 is 1.12 bits per heavy atom. The molecule has 0 amide bonds. The molecule has 0 aliphatic carbocycles. The van der Waals surface area contributed by atoms with Crippen molar-refractivity contribution in [1.29, 1.82) is 0 Å². The van der Waals surface area contributed by atoms with Gasteiger partial charge in [-0.05, 0) is 51.6 Å². The van der Waals surface area contributed by atoms with Crippen LogP contribution in [0.4, 0.5) is 5.82 Å². The van der Waals surface area contributed by atoms with Crippen molar-refractivity contribution in [3.63, 3.8) is 0 Å². The Labute approximate surface area is 143 Å². The average molecular weight is 326 g/mol. The van der Waals surface area contributed by atoms with E-state index < -0.39 is 0 Å². The van der Waals surface area contributed by atoms with Crippen LogP contribution in [0.3, 0.4) is 0 Å². The van der Waals surface area contributed by atoms with E-state index in [9.17, 15) is 0 Å². The Kier molecular flexibility index (Phi) is 4.47. The quantitative estimate of drug-likeness (QED) is 0.937. The Morgan fingerprint density at radius 3 is 3.04 bits per heavy atom. The van der Waals surface area contributed by atoms with Gasteiger partial charge >= 0.3 is 0 Å². The maximum atomic E-state index is 4.92. The number of hydrogen-bond donors (Lipinski definition) is 1. The van der Waals surface area contributed by atoms with Crippen molar-refractivity contribution in [2.75, 3.05) is 25.0 Å². The number of nitrogens with zero attached hydrogens (tertiary/aromatic N) is 5. The van der Waals surface area contributed by atoms with Gasteiger partial charge in [0, 0.05) is 30.9 Å². The Bertz CT molecular complexity index is 687. The standard InChI is InChI=1S/C18H26N6/c1-23(14-5-4-8-19-9-7-14)18-13-20-12-16(22-18)15-11-21-24-10-3-2-6-17(15)24/h11-14,19H,2-10H2,1H3. The number of nitrogens with one attached hydrogen (secondary N) is 1. The van der Waals surface area contributed by atoms with Crippen molar-refractivity contribution in [3.8, 4) is 11.3 Å². The fourth-order valence-corrected chi connectivity index (χ4v) is 3.87. The van der Waals surface area contributed by atoms with Gasteiger partial charge in [-0.3, -0.25) is 9.67 Å². The fraction of sp³-hybridized carbons (Fsp3) is 0.611. The largest absolute Gasteiger partial charge is 0.355 e. The molecule has 6 nitrogen and oxygen atoms in total. The average Bonchev–Trinajstić information content (AvgIpc) is 2.87. The number of aryl methyl sites for hydroxylation is 1. The third-order valence-corrected chi connectivity index (χ3v) is 5.33. The van der Waals surface area contributed by atoms with Crippen LogP contribution in [0.2, 0.25) is 0 Å². The molecule has 0 radical (unpaired) electrons. The van der Waals surface area contributed by atoms with Gasteiger partial charge in [-0.15, -0.1) is 0 Å². The Balaban J connectivity index is 1.60. The van der Waals surface area contributed by atoms with E-state index in [0.29, 0.717) is 6.04 Å². The summed E-state index contributed by atoms with van der Waals surface area (Å²) in [5.74, 6) is 0.968. The SMILES string of the molecule is CN(c1cncc(-c2cnn3c2CCCC3)n1)C1CCCNCC1. The van der Waals surface area contributed by atoms with Crippen molar-refractivity contribution in [1.82, 2.24) is 25.1 Å². The van der Waals surface area contributed by atoms with Crippen molar-refractivity contribution < 1.29 is 0 Å². The lowest BCUT2D eigenvalue weighted by molar-refractivity contribution is 0.487. The zero-order chi connectivity index (χ0) is 16.4. The van der Waals surface area contributed by atoms with Crippen LogP contribution in [0, 0.1) is 0 Å². The van der Waals surface area contributed by atoms with E-state index in [1.807, 2.05) is 18.6 Å². The van der Waals surface area contributed by atoms with Crippen LogP contribution < -0.4 is 10.2 Å². The van der Waals surface area contributed by atoms with Gasteiger partial charge in [-0.25, -0.2) is 4.98 Å². The number of fused-ring (bicyclic) bond motifs is 1. The number of hydrogen-bond acceptors (Lipinski definition) is 5. The molecule has 24 heavy (non-hydrogen) atoms. The number of aromatic nitrogens is 4. The first-order valence-electron chi connectivity index (χ1n) is 9.13. The molecule has 4 rings (SSSR count). The molecule has 2 aliphatic rings. The predicted molar refractivity (Wildman–Crippen MR) is 95.1 cm³/mol. The van der Waals surface area contributed by atoms with E-state index in [2.05, 4.69) is 32.0 Å². The van der Waals surface area contributed by atoms with Crippen LogP contribution in [0.25, 0.3) is 11.3 Å². The van der Waals surface area contributed by atoms with Gasteiger partial charge in [0.2, 0.25) is 0 Å². The van der Waals surface area contributed by atoms with Gasteiger partial charge in [0.1, 0.15) is 5.82 Å². The molecular formula is C18H26N6. The second kappa shape index (κ2) is 6.89. The van der Waals surface area contributed by atoms with Gasteiger partial charge in [-0.2, -0.15) is 5.10 Å². The fourth-order valence-electron chi connectivity index (χ4n) is 3.87. The number of anilines is 1. The van der Waals surface area contributed by atoms with Crippen LogP contribution in [0.15, 0.2) is 18.6 Å². The van der Waals surface area contributed by atoms with E-state index in [0.717, 1.165) is 49.6 Å². The number of rotatable bonds is 3. The van der Waals surface area contributed by atoms with E-state index in [1.54, 1.807) is 0 Å². The second-order valence-corrected chi connectivity index (χ2v) is 6.89. The molecule has 0 aromatic carbocycles. The highest BCUT2D eigenvalue weighted by Gasteiger charge is 2.21. The minimum Gasteiger partial charge on any atom is -0.355 e. The maximum absolute atomic E-state index is 4.92. The van der Waals surface area contributed by atoms with Crippen molar-refractivity contribution >= 4 is 5.82 Å². The highest BCUT2D eigenvalue weighted by molar-refractivity contribution is 5.62. The highest BCUT2D eigenvalue weighted by atomic mass is 15.3. The van der Waals surface area contributed by atoms with Crippen LogP contribution >= 0.6 is 0 Å². The van der Waals surface area contributed by atoms with Gasteiger partial charge < -0.3 is 10.2 Å². The van der Waals surface area contributed by atoms with E-state index in [1.165, 1.54) is 31.4 Å². The summed E-state index contributed by atoms with van der Waals surface area (Å²) >= 11 is 0. The summed E-state index contributed by atoms with van der Waals surface area (Å²) in [7, 11) is 2.15. The van der Waals surface area contributed by atoms with Crippen LogP contribution in [0.1, 0.15) is 37.8 Å². The van der Waals surface area contributed by atoms with E-state index in [-0.39, 0.29) is 0 Å². The van der Waals surface area contributed by atoms with Gasteiger partial charge in [0.05, 0.1) is 24.3 Å².